The summed E-state index contributed by atoms with van der Waals surface area (Å²) in [6.45, 7) is 6.76. The summed E-state index contributed by atoms with van der Waals surface area (Å²) in [5.74, 6) is 7.96. The minimum Gasteiger partial charge on any atom is -0.143 e. The molecule has 0 radical (unpaired) electrons. The van der Waals surface area contributed by atoms with Crippen LogP contribution in [0.4, 0.5) is 0 Å². The van der Waals surface area contributed by atoms with Gasteiger partial charge in [0.05, 0.1) is 4.75 Å². The lowest BCUT2D eigenvalue weighted by molar-refractivity contribution is 0.563. The summed E-state index contributed by atoms with van der Waals surface area (Å²) >= 11 is 2.00. The molecule has 0 bridgehead atoms. The highest BCUT2D eigenvalue weighted by atomic mass is 32.2. The number of hydrogen-bond donors (Lipinski definition) is 0. The number of rotatable bonds is 12. The van der Waals surface area contributed by atoms with Crippen molar-refractivity contribution in [3.05, 3.63) is 35.9 Å². The Balaban J connectivity index is 2.03. The Hall–Kier alpha value is -0.870. The zero-order chi connectivity index (χ0) is 17.5. The summed E-state index contributed by atoms with van der Waals surface area (Å²) in [6, 6.07) is 10.3. The van der Waals surface area contributed by atoms with Crippen LogP contribution in [-0.2, 0) is 0 Å². The molecule has 0 saturated carbocycles. The average molecular weight is 345 g/mol. The third kappa shape index (κ3) is 11.6. The standard InChI is InChI=1S/C23H36S/c1-4-5-6-7-8-9-10-11-12-16-21-24-23(2,3)20-19-22-17-14-13-15-18-22/h13-15,17-18H,4-12,16,21H2,1-3H3. The average Bonchev–Trinajstić information content (AvgIpc) is 2.59. The van der Waals surface area contributed by atoms with Crippen molar-refractivity contribution in [2.24, 2.45) is 0 Å². The lowest BCUT2D eigenvalue weighted by atomic mass is 10.1. The van der Waals surface area contributed by atoms with E-state index < -0.39 is 0 Å². The minimum atomic E-state index is 0.0507. The van der Waals surface area contributed by atoms with E-state index in [1.165, 1.54) is 70.0 Å². The summed E-state index contributed by atoms with van der Waals surface area (Å²) in [7, 11) is 0. The second kappa shape index (κ2) is 13.4. The zero-order valence-electron chi connectivity index (χ0n) is 16.1. The summed E-state index contributed by atoms with van der Waals surface area (Å²) < 4.78 is 0.0507. The van der Waals surface area contributed by atoms with E-state index in [0.29, 0.717) is 0 Å². The van der Waals surface area contributed by atoms with E-state index in [9.17, 15) is 0 Å². The molecule has 0 aliphatic rings. The first-order valence-corrected chi connectivity index (χ1v) is 10.8. The molecule has 0 unspecified atom stereocenters. The molecule has 0 aliphatic heterocycles. The monoisotopic (exact) mass is 344 g/mol. The first-order chi connectivity index (χ1) is 11.6. The van der Waals surface area contributed by atoms with Crippen LogP contribution in [0.15, 0.2) is 30.3 Å². The molecule has 1 aromatic rings. The normalized spacial score (nSPS) is 11.1. The summed E-state index contributed by atoms with van der Waals surface area (Å²) in [4.78, 5) is 0. The van der Waals surface area contributed by atoms with Gasteiger partial charge in [-0.15, -0.1) is 11.8 Å². The fourth-order valence-corrected chi connectivity index (χ4v) is 3.68. The zero-order valence-corrected chi connectivity index (χ0v) is 16.9. The van der Waals surface area contributed by atoms with Gasteiger partial charge in [0.2, 0.25) is 0 Å². The highest BCUT2D eigenvalue weighted by Gasteiger charge is 2.13. The Morgan fingerprint density at radius 1 is 0.792 bits per heavy atom. The lowest BCUT2D eigenvalue weighted by Crippen LogP contribution is -2.12. The molecular formula is C23H36S. The van der Waals surface area contributed by atoms with Gasteiger partial charge in [-0.3, -0.25) is 0 Å². The summed E-state index contributed by atoms with van der Waals surface area (Å²) in [5, 5.41) is 0. The van der Waals surface area contributed by atoms with Crippen molar-refractivity contribution in [3.63, 3.8) is 0 Å². The van der Waals surface area contributed by atoms with Crippen LogP contribution in [0.3, 0.4) is 0 Å². The van der Waals surface area contributed by atoms with Crippen molar-refractivity contribution in [2.75, 3.05) is 5.75 Å². The number of unbranched alkanes of at least 4 members (excludes halogenated alkanes) is 9. The highest BCUT2D eigenvalue weighted by molar-refractivity contribution is 8.00. The molecule has 0 N–H and O–H groups in total. The number of hydrogen-bond acceptors (Lipinski definition) is 1. The van der Waals surface area contributed by atoms with Gasteiger partial charge < -0.3 is 0 Å². The van der Waals surface area contributed by atoms with E-state index in [1.54, 1.807) is 0 Å². The van der Waals surface area contributed by atoms with Gasteiger partial charge in [0.25, 0.3) is 0 Å². The van der Waals surface area contributed by atoms with E-state index in [0.717, 1.165) is 5.56 Å². The molecule has 0 saturated heterocycles. The maximum atomic E-state index is 3.42. The van der Waals surface area contributed by atoms with Crippen molar-refractivity contribution in [1.82, 2.24) is 0 Å². The molecule has 0 aromatic heterocycles. The molecule has 24 heavy (non-hydrogen) atoms. The molecule has 1 aromatic carbocycles. The number of thioether (sulfide) groups is 1. The van der Waals surface area contributed by atoms with Gasteiger partial charge in [0, 0.05) is 5.56 Å². The van der Waals surface area contributed by atoms with Crippen LogP contribution in [0.25, 0.3) is 0 Å². The van der Waals surface area contributed by atoms with Crippen molar-refractivity contribution >= 4 is 11.8 Å². The Morgan fingerprint density at radius 2 is 1.33 bits per heavy atom. The van der Waals surface area contributed by atoms with Crippen LogP contribution < -0.4 is 0 Å². The largest absolute Gasteiger partial charge is 0.143 e. The van der Waals surface area contributed by atoms with Gasteiger partial charge in [-0.1, -0.05) is 94.8 Å². The highest BCUT2D eigenvalue weighted by Crippen LogP contribution is 2.25. The molecule has 0 fully saturated rings. The fraction of sp³-hybridized carbons (Fsp3) is 0.652. The smallest absolute Gasteiger partial charge is 0.0712 e. The van der Waals surface area contributed by atoms with Crippen molar-refractivity contribution in [3.8, 4) is 11.8 Å². The second-order valence-corrected chi connectivity index (χ2v) is 8.87. The van der Waals surface area contributed by atoms with Gasteiger partial charge in [0.15, 0.2) is 0 Å². The Labute approximate surface area is 155 Å². The third-order valence-electron chi connectivity index (χ3n) is 4.24. The maximum absolute atomic E-state index is 3.42. The Morgan fingerprint density at radius 3 is 1.92 bits per heavy atom. The van der Waals surface area contributed by atoms with Crippen LogP contribution >= 0.6 is 11.8 Å². The van der Waals surface area contributed by atoms with Crippen LogP contribution in [0.2, 0.25) is 0 Å². The van der Waals surface area contributed by atoms with Gasteiger partial charge in [-0.05, 0) is 38.2 Å². The van der Waals surface area contributed by atoms with E-state index >= 15 is 0 Å². The predicted octanol–water partition coefficient (Wildman–Crippen LogP) is 7.47. The molecule has 0 atom stereocenters. The molecule has 134 valence electrons. The van der Waals surface area contributed by atoms with E-state index in [2.05, 4.69) is 44.7 Å². The summed E-state index contributed by atoms with van der Waals surface area (Å²) in [5.41, 5.74) is 1.12. The van der Waals surface area contributed by atoms with Crippen molar-refractivity contribution in [2.45, 2.75) is 89.7 Å². The Kier molecular flexibility index (Phi) is 11.8. The van der Waals surface area contributed by atoms with Gasteiger partial charge in [-0.2, -0.15) is 0 Å². The van der Waals surface area contributed by atoms with Gasteiger partial charge in [-0.25, -0.2) is 0 Å². The lowest BCUT2D eigenvalue weighted by Gasteiger charge is -2.16. The van der Waals surface area contributed by atoms with E-state index in [4.69, 9.17) is 0 Å². The third-order valence-corrected chi connectivity index (χ3v) is 5.56. The minimum absolute atomic E-state index is 0.0507. The molecule has 0 spiro atoms. The van der Waals surface area contributed by atoms with Crippen molar-refractivity contribution < 1.29 is 0 Å². The maximum Gasteiger partial charge on any atom is 0.0712 e. The van der Waals surface area contributed by atoms with Gasteiger partial charge in [0.1, 0.15) is 0 Å². The van der Waals surface area contributed by atoms with Crippen molar-refractivity contribution in [1.29, 1.82) is 0 Å². The molecule has 0 amide bonds. The van der Waals surface area contributed by atoms with E-state index in [-0.39, 0.29) is 4.75 Å². The molecule has 0 heterocycles. The number of benzene rings is 1. The molecular weight excluding hydrogens is 308 g/mol. The second-order valence-electron chi connectivity index (χ2n) is 7.16. The van der Waals surface area contributed by atoms with Gasteiger partial charge >= 0.3 is 0 Å². The molecule has 0 nitrogen and oxygen atoms in total. The first-order valence-electron chi connectivity index (χ1n) is 9.86. The molecule has 0 aliphatic carbocycles. The Bertz CT molecular complexity index is 464. The van der Waals surface area contributed by atoms with Crippen LogP contribution in [0.1, 0.15) is 90.5 Å². The molecule has 1 heteroatoms. The van der Waals surface area contributed by atoms with Crippen LogP contribution in [0, 0.1) is 11.8 Å². The quantitative estimate of drug-likeness (QED) is 0.280. The summed E-state index contributed by atoms with van der Waals surface area (Å²) in [6.07, 6.45) is 14.1. The predicted molar refractivity (Wildman–Crippen MR) is 112 cm³/mol. The first kappa shape index (κ1) is 21.2. The van der Waals surface area contributed by atoms with E-state index in [1.807, 2.05) is 30.0 Å². The van der Waals surface area contributed by atoms with Crippen LogP contribution in [0.5, 0.6) is 0 Å². The topological polar surface area (TPSA) is 0 Å². The SMILES string of the molecule is CCCCCCCCCCCCSC(C)(C)C#Cc1ccccc1. The fourth-order valence-electron chi connectivity index (χ4n) is 2.70. The van der Waals surface area contributed by atoms with Crippen LogP contribution in [-0.4, -0.2) is 10.5 Å². The molecule has 1 rings (SSSR count).